The monoisotopic (exact) mass is 267 g/mol. The quantitative estimate of drug-likeness (QED) is 0.893. The van der Waals surface area contributed by atoms with Crippen molar-refractivity contribution in [2.24, 2.45) is 11.8 Å². The zero-order valence-electron chi connectivity index (χ0n) is 11.2. The fraction of sp³-hybridized carbons (Fsp3) is 0.375. The third-order valence-electron chi connectivity index (χ3n) is 4.64. The lowest BCUT2D eigenvalue weighted by Crippen LogP contribution is -2.25. The summed E-state index contributed by atoms with van der Waals surface area (Å²) in [7, 11) is 0. The lowest BCUT2D eigenvalue weighted by atomic mass is 9.92. The zero-order valence-corrected chi connectivity index (χ0v) is 11.2. The molecule has 3 atom stereocenters. The van der Waals surface area contributed by atoms with Crippen molar-refractivity contribution in [2.45, 2.75) is 25.3 Å². The van der Waals surface area contributed by atoms with E-state index in [-0.39, 0.29) is 11.8 Å². The molecule has 1 amide bonds. The van der Waals surface area contributed by atoms with Crippen molar-refractivity contribution in [1.29, 1.82) is 0 Å². The summed E-state index contributed by atoms with van der Waals surface area (Å²) >= 11 is 0. The summed E-state index contributed by atoms with van der Waals surface area (Å²) in [5.41, 5.74) is 3.77. The largest absolute Gasteiger partial charge is 0.350 e. The van der Waals surface area contributed by atoms with E-state index in [4.69, 9.17) is 0 Å². The second kappa shape index (κ2) is 4.47. The Morgan fingerprint density at radius 2 is 2.30 bits per heavy atom. The van der Waals surface area contributed by atoms with Crippen LogP contribution < -0.4 is 5.32 Å². The Hall–Kier alpha value is -2.10. The molecule has 2 aliphatic rings. The van der Waals surface area contributed by atoms with Crippen molar-refractivity contribution < 1.29 is 4.79 Å². The molecule has 0 saturated heterocycles. The highest BCUT2D eigenvalue weighted by Gasteiger charge is 2.56. The molecule has 1 saturated carbocycles. The first kappa shape index (κ1) is 11.7. The van der Waals surface area contributed by atoms with E-state index in [2.05, 4.69) is 39.6 Å². The van der Waals surface area contributed by atoms with E-state index in [0.717, 1.165) is 18.5 Å². The van der Waals surface area contributed by atoms with Crippen LogP contribution in [0.25, 0.3) is 0 Å². The molecular formula is C16H17N3O. The molecule has 4 heteroatoms. The summed E-state index contributed by atoms with van der Waals surface area (Å²) in [5, 5.41) is 3.02. The number of nitrogens with one attached hydrogen (secondary N) is 2. The molecule has 4 rings (SSSR count). The second-order valence-corrected chi connectivity index (χ2v) is 5.75. The van der Waals surface area contributed by atoms with Gasteiger partial charge in [0.15, 0.2) is 0 Å². The fourth-order valence-electron chi connectivity index (χ4n) is 3.61. The maximum absolute atomic E-state index is 12.3. The summed E-state index contributed by atoms with van der Waals surface area (Å²) in [4.78, 5) is 19.3. The van der Waals surface area contributed by atoms with Crippen LogP contribution in [-0.2, 0) is 17.8 Å². The number of carbonyl (C=O) groups excluding carboxylic acids is 1. The SMILES string of the molecule is O=C(NCc1cnc[nH]1)C1C2CCc3ccccc3C21. The van der Waals surface area contributed by atoms with Gasteiger partial charge in [-0.15, -0.1) is 0 Å². The molecule has 20 heavy (non-hydrogen) atoms. The van der Waals surface area contributed by atoms with Crippen LogP contribution in [0.1, 0.15) is 29.2 Å². The highest BCUT2D eigenvalue weighted by Crippen LogP contribution is 2.59. The smallest absolute Gasteiger partial charge is 0.224 e. The molecule has 1 aromatic carbocycles. The first-order valence-corrected chi connectivity index (χ1v) is 7.17. The van der Waals surface area contributed by atoms with Gasteiger partial charge in [0.1, 0.15) is 0 Å². The number of H-pyrrole nitrogens is 1. The Morgan fingerprint density at radius 1 is 1.40 bits per heavy atom. The number of rotatable bonds is 3. The summed E-state index contributed by atoms with van der Waals surface area (Å²) in [6, 6.07) is 8.56. The maximum Gasteiger partial charge on any atom is 0.224 e. The standard InChI is InChI=1S/C16H17N3O/c20-16(18-8-11-7-17-9-19-11)15-13-6-5-10-3-1-2-4-12(10)14(13)15/h1-4,7,9,13-15H,5-6,8H2,(H,17,19)(H,18,20). The normalized spacial score (nSPS) is 26.5. The van der Waals surface area contributed by atoms with E-state index in [0.29, 0.717) is 18.4 Å². The number of imidazole rings is 1. The Bertz CT molecular complexity index is 635. The number of hydrogen-bond donors (Lipinski definition) is 2. The highest BCUT2D eigenvalue weighted by atomic mass is 16.2. The molecule has 4 nitrogen and oxygen atoms in total. The van der Waals surface area contributed by atoms with Gasteiger partial charge in [0.25, 0.3) is 0 Å². The van der Waals surface area contributed by atoms with Gasteiger partial charge in [-0.25, -0.2) is 4.98 Å². The van der Waals surface area contributed by atoms with Crippen LogP contribution in [0.15, 0.2) is 36.8 Å². The molecule has 0 aliphatic heterocycles. The fourth-order valence-corrected chi connectivity index (χ4v) is 3.61. The molecule has 1 heterocycles. The molecule has 0 spiro atoms. The van der Waals surface area contributed by atoms with Gasteiger partial charge in [-0.2, -0.15) is 0 Å². The van der Waals surface area contributed by atoms with Crippen molar-refractivity contribution in [1.82, 2.24) is 15.3 Å². The molecule has 2 aromatic rings. The average molecular weight is 267 g/mol. The number of benzene rings is 1. The van der Waals surface area contributed by atoms with Crippen LogP contribution in [0.2, 0.25) is 0 Å². The van der Waals surface area contributed by atoms with Crippen molar-refractivity contribution >= 4 is 5.91 Å². The summed E-state index contributed by atoms with van der Waals surface area (Å²) in [6.45, 7) is 0.538. The van der Waals surface area contributed by atoms with Crippen LogP contribution >= 0.6 is 0 Å². The van der Waals surface area contributed by atoms with Gasteiger partial charge in [0.2, 0.25) is 5.91 Å². The van der Waals surface area contributed by atoms with E-state index < -0.39 is 0 Å². The van der Waals surface area contributed by atoms with Gasteiger partial charge in [0.05, 0.1) is 18.6 Å². The van der Waals surface area contributed by atoms with Gasteiger partial charge >= 0.3 is 0 Å². The number of hydrogen-bond acceptors (Lipinski definition) is 2. The topological polar surface area (TPSA) is 57.8 Å². The molecule has 0 bridgehead atoms. The van der Waals surface area contributed by atoms with E-state index in [9.17, 15) is 4.79 Å². The first-order chi connectivity index (χ1) is 9.84. The number of aromatic amines is 1. The lowest BCUT2D eigenvalue weighted by molar-refractivity contribution is -0.122. The predicted molar refractivity (Wildman–Crippen MR) is 74.9 cm³/mol. The summed E-state index contributed by atoms with van der Waals surface area (Å²) in [6.07, 6.45) is 5.63. The number of amides is 1. The van der Waals surface area contributed by atoms with Crippen LogP contribution in [-0.4, -0.2) is 15.9 Å². The third kappa shape index (κ3) is 1.83. The molecule has 3 unspecified atom stereocenters. The molecule has 0 radical (unpaired) electrons. The molecule has 2 aliphatic carbocycles. The van der Waals surface area contributed by atoms with E-state index in [1.807, 2.05) is 0 Å². The molecular weight excluding hydrogens is 250 g/mol. The van der Waals surface area contributed by atoms with Crippen molar-refractivity contribution in [3.8, 4) is 0 Å². The van der Waals surface area contributed by atoms with E-state index >= 15 is 0 Å². The van der Waals surface area contributed by atoms with E-state index in [1.165, 1.54) is 11.1 Å². The summed E-state index contributed by atoms with van der Waals surface area (Å²) < 4.78 is 0. The Morgan fingerprint density at radius 3 is 3.15 bits per heavy atom. The van der Waals surface area contributed by atoms with Gasteiger partial charge < -0.3 is 10.3 Å². The number of aryl methyl sites for hydroxylation is 1. The highest BCUT2D eigenvalue weighted by molar-refractivity contribution is 5.84. The van der Waals surface area contributed by atoms with Crippen LogP contribution in [0.3, 0.4) is 0 Å². The first-order valence-electron chi connectivity index (χ1n) is 7.17. The number of carbonyl (C=O) groups is 1. The molecule has 2 N–H and O–H groups in total. The van der Waals surface area contributed by atoms with Gasteiger partial charge in [0, 0.05) is 12.1 Å². The van der Waals surface area contributed by atoms with Crippen LogP contribution in [0.4, 0.5) is 0 Å². The van der Waals surface area contributed by atoms with Crippen molar-refractivity contribution in [3.63, 3.8) is 0 Å². The van der Waals surface area contributed by atoms with Crippen LogP contribution in [0.5, 0.6) is 0 Å². The van der Waals surface area contributed by atoms with E-state index in [1.54, 1.807) is 12.5 Å². The van der Waals surface area contributed by atoms with Crippen molar-refractivity contribution in [3.05, 3.63) is 53.6 Å². The number of nitrogens with zero attached hydrogens (tertiary/aromatic N) is 1. The minimum Gasteiger partial charge on any atom is -0.350 e. The Labute approximate surface area is 117 Å². The Balaban J connectivity index is 1.45. The van der Waals surface area contributed by atoms with Gasteiger partial charge in [-0.3, -0.25) is 4.79 Å². The zero-order chi connectivity index (χ0) is 13.5. The predicted octanol–water partition coefficient (Wildman–Crippen LogP) is 2.00. The maximum atomic E-state index is 12.3. The molecule has 1 aromatic heterocycles. The van der Waals surface area contributed by atoms with Gasteiger partial charge in [-0.1, -0.05) is 24.3 Å². The minimum absolute atomic E-state index is 0.168. The number of fused-ring (bicyclic) bond motifs is 3. The minimum atomic E-state index is 0.168. The van der Waals surface area contributed by atoms with Gasteiger partial charge in [-0.05, 0) is 35.8 Å². The molecule has 1 fully saturated rings. The van der Waals surface area contributed by atoms with Crippen LogP contribution in [0, 0.1) is 11.8 Å². The summed E-state index contributed by atoms with van der Waals surface area (Å²) in [5.74, 6) is 1.35. The average Bonchev–Trinajstić information content (AvgIpc) is 3.00. The molecule has 102 valence electrons. The lowest BCUT2D eigenvalue weighted by Gasteiger charge is -2.13. The second-order valence-electron chi connectivity index (χ2n) is 5.75. The number of aromatic nitrogens is 2. The van der Waals surface area contributed by atoms with Crippen molar-refractivity contribution in [2.75, 3.05) is 0 Å². The Kier molecular flexibility index (Phi) is 2.62. The third-order valence-corrected chi connectivity index (χ3v) is 4.64.